The van der Waals surface area contributed by atoms with Crippen molar-refractivity contribution in [2.24, 2.45) is 11.3 Å². The second kappa shape index (κ2) is 21.2. The molecule has 0 bridgehead atoms. The fourth-order valence-corrected chi connectivity index (χ4v) is 14.8. The number of nitro groups is 1. The number of aryl methyl sites for hydroxylation is 1. The van der Waals surface area contributed by atoms with Crippen LogP contribution in [0.15, 0.2) is 102 Å². The molecule has 3 saturated heterocycles. The molecule has 2 saturated carbocycles. The highest BCUT2D eigenvalue weighted by atomic mass is 32.2. The number of aliphatic hydroxyl groups is 1. The molecule has 4 aromatic carbocycles. The SMILES string of the molecule is Cc1ccccc1[C@@H]1CN(Cc2ccc(F)c(F)c2)CCN1C1CC2(CCN(c3ccc(C(=O)NS(=O)(=O)c4ccc(NC[C@H]5CC[C@](C)(O)CC5)c([N+](=O)[O-])c4)c(N4c5cc6cc[nH]c6nc5O[C@H]5COC(C)(C)C[C@@H]54)c3)CC2)C1. The van der Waals surface area contributed by atoms with Gasteiger partial charge in [0.15, 0.2) is 11.6 Å². The van der Waals surface area contributed by atoms with E-state index in [2.05, 4.69) is 65.8 Å². The number of sulfonamides is 1. The van der Waals surface area contributed by atoms with Crippen LogP contribution in [0.1, 0.15) is 112 Å². The highest BCUT2D eigenvalue weighted by molar-refractivity contribution is 7.90. The first-order valence-corrected chi connectivity index (χ1v) is 29.9. The molecule has 81 heavy (non-hydrogen) atoms. The van der Waals surface area contributed by atoms with Crippen molar-refractivity contribution in [1.82, 2.24) is 24.5 Å². The molecular formula is C61H71F2N9O8S. The van der Waals surface area contributed by atoms with Crippen molar-refractivity contribution >= 4 is 55.4 Å². The number of amides is 1. The molecule has 2 aromatic heterocycles. The van der Waals surface area contributed by atoms with E-state index in [-0.39, 0.29) is 41.3 Å². The van der Waals surface area contributed by atoms with Gasteiger partial charge in [0.1, 0.15) is 23.1 Å². The Hall–Kier alpha value is -6.71. The molecule has 4 N–H and O–H groups in total. The summed E-state index contributed by atoms with van der Waals surface area (Å²) >= 11 is 0. The molecule has 6 aromatic rings. The summed E-state index contributed by atoms with van der Waals surface area (Å²) in [5, 5.41) is 26.9. The first kappa shape index (κ1) is 54.9. The Balaban J connectivity index is 0.810. The molecule has 20 heteroatoms. The maximum Gasteiger partial charge on any atom is 0.293 e. The highest BCUT2D eigenvalue weighted by Gasteiger charge is 2.51. The lowest BCUT2D eigenvalue weighted by atomic mass is 9.59. The number of fused-ring (bicyclic) bond motifs is 3. The van der Waals surface area contributed by atoms with Gasteiger partial charge in [0.2, 0.25) is 5.88 Å². The standard InChI is InChI=1S/C61H71F2N9O8S/c1-38-7-5-6-8-45(38)54-36-68(35-40-9-13-47(62)48(63)27-40)25-26-70(54)43-31-61(32-43)20-23-69(24-21-61)42-10-12-46(50(29-42)71-52-28-41-17-22-64-56(41)66-58(52)80-55-37-79-59(2,3)33-53(55)71)57(73)67-81(77,78)44-11-14-49(51(30-44)72(75)76)65-34-39-15-18-60(4,74)19-16-39/h5-14,17,22,27-30,39,43,53-55,65,74H,15-16,18-21,23-26,31-37H2,1-4H3,(H,64,66)(H,67,73)/t39-,53-,54-,55-,60-/m0/s1. The van der Waals surface area contributed by atoms with Crippen molar-refractivity contribution in [1.29, 1.82) is 0 Å². The minimum Gasteiger partial charge on any atom is -0.468 e. The van der Waals surface area contributed by atoms with Crippen molar-refractivity contribution in [3.8, 4) is 5.88 Å². The zero-order chi connectivity index (χ0) is 56.6. The molecular weight excluding hydrogens is 1060 g/mol. The summed E-state index contributed by atoms with van der Waals surface area (Å²) in [5.74, 6) is -2.06. The van der Waals surface area contributed by atoms with E-state index in [1.807, 2.05) is 45.0 Å². The predicted octanol–water partition coefficient (Wildman–Crippen LogP) is 10.3. The number of aromatic nitrogens is 2. The van der Waals surface area contributed by atoms with Gasteiger partial charge in [0.25, 0.3) is 21.6 Å². The molecule has 5 fully saturated rings. The number of hydrogen-bond acceptors (Lipinski definition) is 14. The van der Waals surface area contributed by atoms with E-state index in [0.29, 0.717) is 61.3 Å². The number of anilines is 4. The normalized spacial score (nSPS) is 24.9. The number of H-pyrrole nitrogens is 1. The number of benzene rings is 4. The van der Waals surface area contributed by atoms with Gasteiger partial charge in [0.05, 0.1) is 44.9 Å². The zero-order valence-electron chi connectivity index (χ0n) is 46.3. The molecule has 2 aliphatic carbocycles. The minimum absolute atomic E-state index is 0.0788. The van der Waals surface area contributed by atoms with Gasteiger partial charge in [-0.1, -0.05) is 30.3 Å². The summed E-state index contributed by atoms with van der Waals surface area (Å²) in [6, 6.07) is 25.9. The Bertz CT molecular complexity index is 3500. The molecule has 6 heterocycles. The molecule has 6 aliphatic rings. The Morgan fingerprint density at radius 2 is 1.68 bits per heavy atom. The summed E-state index contributed by atoms with van der Waals surface area (Å²) in [7, 11) is -4.67. The van der Waals surface area contributed by atoms with E-state index in [4.69, 9.17) is 14.5 Å². The Labute approximate surface area is 471 Å². The average molecular weight is 1130 g/mol. The van der Waals surface area contributed by atoms with Gasteiger partial charge in [-0.15, -0.1) is 0 Å². The van der Waals surface area contributed by atoms with Crippen LogP contribution in [-0.4, -0.2) is 119 Å². The number of piperidine rings is 1. The highest BCUT2D eigenvalue weighted by Crippen LogP contribution is 2.54. The fraction of sp³-hybridized carbons (Fsp3) is 0.475. The summed E-state index contributed by atoms with van der Waals surface area (Å²) in [4.78, 5) is 43.8. The van der Waals surface area contributed by atoms with Gasteiger partial charge in [-0.2, -0.15) is 4.98 Å². The molecule has 1 amide bonds. The van der Waals surface area contributed by atoms with Crippen LogP contribution < -0.4 is 24.6 Å². The maximum absolute atomic E-state index is 14.9. The Morgan fingerprint density at radius 1 is 0.901 bits per heavy atom. The van der Waals surface area contributed by atoms with Gasteiger partial charge in [-0.25, -0.2) is 21.9 Å². The van der Waals surface area contributed by atoms with E-state index in [1.165, 1.54) is 35.4 Å². The number of ether oxygens (including phenoxy) is 2. The number of pyridine rings is 1. The topological polar surface area (TPSA) is 199 Å². The van der Waals surface area contributed by atoms with Crippen LogP contribution in [0.4, 0.5) is 37.2 Å². The molecule has 3 atom stereocenters. The van der Waals surface area contributed by atoms with Crippen molar-refractivity contribution in [2.75, 3.05) is 61.0 Å². The van der Waals surface area contributed by atoms with Crippen LogP contribution in [0.3, 0.4) is 0 Å². The van der Waals surface area contributed by atoms with Crippen LogP contribution in [0.2, 0.25) is 0 Å². The largest absolute Gasteiger partial charge is 0.468 e. The number of halogens is 2. The molecule has 428 valence electrons. The number of nitrogens with zero attached hydrogens (tertiary/aromatic N) is 6. The van der Waals surface area contributed by atoms with Gasteiger partial charge >= 0.3 is 0 Å². The second-order valence-electron chi connectivity index (χ2n) is 24.6. The lowest BCUT2D eigenvalue weighted by Crippen LogP contribution is -2.60. The first-order chi connectivity index (χ1) is 38.7. The van der Waals surface area contributed by atoms with Gasteiger partial charge in [0, 0.05) is 87.7 Å². The summed E-state index contributed by atoms with van der Waals surface area (Å²) in [6.45, 7) is 13.2. The second-order valence-corrected chi connectivity index (χ2v) is 26.3. The number of rotatable bonds is 13. The molecule has 0 radical (unpaired) electrons. The first-order valence-electron chi connectivity index (χ1n) is 28.5. The number of hydrogen-bond donors (Lipinski definition) is 4. The molecule has 12 rings (SSSR count). The van der Waals surface area contributed by atoms with Gasteiger partial charge in [-0.05, 0) is 162 Å². The third kappa shape index (κ3) is 11.1. The van der Waals surface area contributed by atoms with E-state index in [0.717, 1.165) is 94.0 Å². The summed E-state index contributed by atoms with van der Waals surface area (Å²) in [6.07, 6.45) is 8.57. The number of carbonyl (C=O) groups excluding carboxylic acids is 1. The lowest BCUT2D eigenvalue weighted by molar-refractivity contribution is -0.384. The molecule has 1 spiro atoms. The van der Waals surface area contributed by atoms with Crippen LogP contribution in [0.5, 0.6) is 5.88 Å². The van der Waals surface area contributed by atoms with Crippen LogP contribution >= 0.6 is 0 Å². The van der Waals surface area contributed by atoms with Crippen molar-refractivity contribution in [3.63, 3.8) is 0 Å². The summed E-state index contributed by atoms with van der Waals surface area (Å²) < 4.78 is 72.0. The smallest absolute Gasteiger partial charge is 0.293 e. The van der Waals surface area contributed by atoms with E-state index in [9.17, 15) is 37.2 Å². The quantitative estimate of drug-likeness (QED) is 0.0629. The van der Waals surface area contributed by atoms with E-state index in [1.54, 1.807) is 18.3 Å². The Morgan fingerprint density at radius 3 is 2.43 bits per heavy atom. The van der Waals surface area contributed by atoms with Gasteiger partial charge < -0.3 is 34.7 Å². The predicted molar refractivity (Wildman–Crippen MR) is 306 cm³/mol. The third-order valence-corrected chi connectivity index (χ3v) is 19.8. The van der Waals surface area contributed by atoms with Crippen molar-refractivity contribution < 1.29 is 41.5 Å². The monoisotopic (exact) mass is 1130 g/mol. The van der Waals surface area contributed by atoms with Crippen molar-refractivity contribution in [2.45, 2.75) is 132 Å². The third-order valence-electron chi connectivity index (χ3n) is 18.5. The van der Waals surface area contributed by atoms with Crippen molar-refractivity contribution in [3.05, 3.63) is 141 Å². The number of nitro benzene ring substituents is 1. The minimum atomic E-state index is -4.67. The zero-order valence-corrected chi connectivity index (χ0v) is 47.1. The van der Waals surface area contributed by atoms with Crippen LogP contribution in [-0.2, 0) is 21.3 Å². The van der Waals surface area contributed by atoms with Crippen LogP contribution in [0, 0.1) is 40.0 Å². The number of nitrogens with one attached hydrogen (secondary N) is 3. The molecule has 4 aliphatic heterocycles. The number of aromatic amines is 1. The summed E-state index contributed by atoms with van der Waals surface area (Å²) in [5.41, 5.74) is 4.46. The lowest BCUT2D eigenvalue weighted by Gasteiger charge is -2.58. The molecule has 0 unspecified atom stereocenters. The Kier molecular flexibility index (Phi) is 14.4. The van der Waals surface area contributed by atoms with Crippen LogP contribution in [0.25, 0.3) is 11.0 Å². The fourth-order valence-electron chi connectivity index (χ4n) is 13.8. The maximum atomic E-state index is 14.9. The number of carbonyl (C=O) groups is 1. The number of piperazine rings is 1. The molecule has 17 nitrogen and oxygen atoms in total. The van der Waals surface area contributed by atoms with E-state index >= 15 is 0 Å². The average Bonchev–Trinajstić information content (AvgIpc) is 3.68. The van der Waals surface area contributed by atoms with E-state index < -0.39 is 60.4 Å². The van der Waals surface area contributed by atoms with Gasteiger partial charge in [-0.3, -0.25) is 24.7 Å².